The molecule has 3 aromatic rings. The number of carbonyl (C=O) groups excluding carboxylic acids is 3. The molecule has 0 bridgehead atoms. The molecule has 1 aliphatic rings. The summed E-state index contributed by atoms with van der Waals surface area (Å²) in [6, 6.07) is 10.1. The van der Waals surface area contributed by atoms with E-state index in [4.69, 9.17) is 4.74 Å². The van der Waals surface area contributed by atoms with Crippen molar-refractivity contribution >= 4 is 28.6 Å². The number of Topliss-reactive ketones (excluding diaryl/α,β-unsaturated/α-hetero) is 1. The second-order valence-electron chi connectivity index (χ2n) is 9.00. The summed E-state index contributed by atoms with van der Waals surface area (Å²) in [4.78, 5) is 39.8. The third-order valence-corrected chi connectivity index (χ3v) is 6.68. The molecule has 0 aliphatic carbocycles. The number of ether oxygens (including phenoxy) is 2. The van der Waals surface area contributed by atoms with Crippen LogP contribution in [0.1, 0.15) is 44.7 Å². The number of aryl methyl sites for hydroxylation is 1. The van der Waals surface area contributed by atoms with Gasteiger partial charge in [-0.2, -0.15) is 0 Å². The normalized spacial score (nSPS) is 14.3. The Labute approximate surface area is 203 Å². The van der Waals surface area contributed by atoms with Crippen LogP contribution in [0.2, 0.25) is 0 Å². The summed E-state index contributed by atoms with van der Waals surface area (Å²) in [6.07, 6.45) is 4.14. The lowest BCUT2D eigenvalue weighted by atomic mass is 9.89. The van der Waals surface area contributed by atoms with Crippen LogP contribution in [0, 0.1) is 18.7 Å². The molecule has 1 amide bonds. The first-order chi connectivity index (χ1) is 16.8. The molecular weight excluding hydrogens is 451 g/mol. The monoisotopic (exact) mass is 480 g/mol. The minimum Gasteiger partial charge on any atom is -0.463 e. The second-order valence-corrected chi connectivity index (χ2v) is 9.00. The number of ketones is 1. The van der Waals surface area contributed by atoms with Gasteiger partial charge in [0.15, 0.2) is 0 Å². The standard InChI is InChI=1S/C27H29FN2O5/c1-17-12-24-22(23(15-30(24)16-34-2)25(31)27(33)35-3)14-21(17)26(32)29-10-8-19(9-11-29)13-18-4-6-20(28)7-5-18/h4-7,12,14-15,19H,8-11,13,16H2,1-3H3. The van der Waals surface area contributed by atoms with Gasteiger partial charge in [0.2, 0.25) is 0 Å². The Morgan fingerprint density at radius 1 is 1.03 bits per heavy atom. The lowest BCUT2D eigenvalue weighted by Gasteiger charge is -2.32. The number of nitrogens with zero attached hydrogens (tertiary/aromatic N) is 2. The third kappa shape index (κ3) is 5.12. The molecule has 0 radical (unpaired) electrons. The molecule has 1 aromatic heterocycles. The van der Waals surface area contributed by atoms with Gasteiger partial charge in [0.25, 0.3) is 11.7 Å². The van der Waals surface area contributed by atoms with E-state index >= 15 is 0 Å². The molecule has 0 saturated carbocycles. The van der Waals surface area contributed by atoms with Crippen molar-refractivity contribution in [1.82, 2.24) is 9.47 Å². The minimum atomic E-state index is -0.960. The van der Waals surface area contributed by atoms with Gasteiger partial charge >= 0.3 is 5.97 Å². The van der Waals surface area contributed by atoms with Crippen LogP contribution in [0.3, 0.4) is 0 Å². The molecule has 4 rings (SSSR count). The Morgan fingerprint density at radius 3 is 2.34 bits per heavy atom. The smallest absolute Gasteiger partial charge is 0.379 e. The van der Waals surface area contributed by atoms with Crippen molar-refractivity contribution < 1.29 is 28.2 Å². The Morgan fingerprint density at radius 2 is 1.71 bits per heavy atom. The van der Waals surface area contributed by atoms with Crippen molar-refractivity contribution in [1.29, 1.82) is 0 Å². The van der Waals surface area contributed by atoms with Crippen molar-refractivity contribution in [3.63, 3.8) is 0 Å². The molecule has 1 aliphatic heterocycles. The number of rotatable bonds is 7. The average Bonchev–Trinajstić information content (AvgIpc) is 3.21. The molecule has 35 heavy (non-hydrogen) atoms. The van der Waals surface area contributed by atoms with E-state index in [1.807, 2.05) is 30.0 Å². The summed E-state index contributed by atoms with van der Waals surface area (Å²) >= 11 is 0. The number of esters is 1. The number of likely N-dealkylation sites (tertiary alicyclic amines) is 1. The molecule has 0 unspecified atom stereocenters. The van der Waals surface area contributed by atoms with E-state index in [1.54, 1.807) is 16.8 Å². The van der Waals surface area contributed by atoms with Gasteiger partial charge < -0.3 is 18.9 Å². The minimum absolute atomic E-state index is 0.0967. The maximum atomic E-state index is 13.4. The molecule has 0 N–H and O–H groups in total. The fraction of sp³-hybridized carbons (Fsp3) is 0.370. The van der Waals surface area contributed by atoms with E-state index in [2.05, 4.69) is 4.74 Å². The van der Waals surface area contributed by atoms with E-state index in [0.717, 1.165) is 37.5 Å². The molecule has 2 aromatic carbocycles. The van der Waals surface area contributed by atoms with Gasteiger partial charge in [-0.05, 0) is 67.5 Å². The second kappa shape index (κ2) is 10.4. The zero-order chi connectivity index (χ0) is 25.1. The lowest BCUT2D eigenvalue weighted by Crippen LogP contribution is -2.39. The number of hydrogen-bond acceptors (Lipinski definition) is 5. The summed E-state index contributed by atoms with van der Waals surface area (Å²) in [5.74, 6) is -1.63. The largest absolute Gasteiger partial charge is 0.463 e. The number of aromatic nitrogens is 1. The summed E-state index contributed by atoms with van der Waals surface area (Å²) in [5, 5.41) is 0.512. The molecule has 0 atom stereocenters. The van der Waals surface area contributed by atoms with Crippen LogP contribution in [0.15, 0.2) is 42.6 Å². The highest BCUT2D eigenvalue weighted by molar-refractivity contribution is 6.43. The zero-order valence-corrected chi connectivity index (χ0v) is 20.2. The molecule has 2 heterocycles. The number of piperidine rings is 1. The molecule has 1 saturated heterocycles. The fourth-order valence-electron chi connectivity index (χ4n) is 4.77. The molecule has 7 nitrogen and oxygen atoms in total. The Bertz CT molecular complexity index is 1260. The molecule has 1 fully saturated rings. The van der Waals surface area contributed by atoms with Gasteiger partial charge in [0.05, 0.1) is 18.2 Å². The number of methoxy groups -OCH3 is 2. The van der Waals surface area contributed by atoms with Crippen LogP contribution in [0.5, 0.6) is 0 Å². The van der Waals surface area contributed by atoms with E-state index in [1.165, 1.54) is 19.2 Å². The fourth-order valence-corrected chi connectivity index (χ4v) is 4.77. The number of hydrogen-bond donors (Lipinski definition) is 0. The van der Waals surface area contributed by atoms with Crippen LogP contribution >= 0.6 is 0 Å². The molecular formula is C27H29FN2O5. The lowest BCUT2D eigenvalue weighted by molar-refractivity contribution is -0.135. The summed E-state index contributed by atoms with van der Waals surface area (Å²) in [7, 11) is 2.70. The van der Waals surface area contributed by atoms with Crippen molar-refractivity contribution in [2.45, 2.75) is 32.9 Å². The topological polar surface area (TPSA) is 77.8 Å². The van der Waals surface area contributed by atoms with Crippen LogP contribution < -0.4 is 0 Å². The van der Waals surface area contributed by atoms with Gasteiger partial charge in [0, 0.05) is 37.3 Å². The highest BCUT2D eigenvalue weighted by Gasteiger charge is 2.27. The predicted octanol–water partition coefficient (Wildman–Crippen LogP) is 4.14. The van der Waals surface area contributed by atoms with Gasteiger partial charge in [-0.3, -0.25) is 9.59 Å². The number of carbonyl (C=O) groups is 3. The first-order valence-electron chi connectivity index (χ1n) is 11.6. The van der Waals surface area contributed by atoms with Crippen molar-refractivity contribution in [2.75, 3.05) is 27.3 Å². The van der Waals surface area contributed by atoms with Crippen LogP contribution in [0.4, 0.5) is 4.39 Å². The van der Waals surface area contributed by atoms with Crippen molar-refractivity contribution in [3.8, 4) is 0 Å². The van der Waals surface area contributed by atoms with Gasteiger partial charge in [-0.1, -0.05) is 12.1 Å². The highest BCUT2D eigenvalue weighted by atomic mass is 19.1. The van der Waals surface area contributed by atoms with Crippen LogP contribution in [0.25, 0.3) is 10.9 Å². The van der Waals surface area contributed by atoms with Crippen molar-refractivity contribution in [3.05, 3.63) is 70.7 Å². The number of amides is 1. The van der Waals surface area contributed by atoms with Crippen LogP contribution in [-0.2, 0) is 27.4 Å². The van der Waals surface area contributed by atoms with Crippen molar-refractivity contribution in [2.24, 2.45) is 5.92 Å². The first kappa shape index (κ1) is 24.6. The summed E-state index contributed by atoms with van der Waals surface area (Å²) < 4.78 is 24.7. The summed E-state index contributed by atoms with van der Waals surface area (Å²) in [5.41, 5.74) is 3.26. The van der Waals surface area contributed by atoms with E-state index < -0.39 is 11.8 Å². The van der Waals surface area contributed by atoms with Gasteiger partial charge in [-0.15, -0.1) is 0 Å². The Kier molecular flexibility index (Phi) is 7.31. The molecule has 0 spiro atoms. The zero-order valence-electron chi connectivity index (χ0n) is 20.2. The maximum Gasteiger partial charge on any atom is 0.379 e. The number of halogens is 1. The average molecular weight is 481 g/mol. The van der Waals surface area contributed by atoms with E-state index in [-0.39, 0.29) is 24.0 Å². The van der Waals surface area contributed by atoms with Crippen LogP contribution in [-0.4, -0.2) is 54.4 Å². The molecule has 184 valence electrons. The van der Waals surface area contributed by atoms with E-state index in [0.29, 0.717) is 35.5 Å². The Hall–Kier alpha value is -3.52. The Balaban J connectivity index is 1.55. The maximum absolute atomic E-state index is 13.4. The van der Waals surface area contributed by atoms with E-state index in [9.17, 15) is 18.8 Å². The quantitative estimate of drug-likeness (QED) is 0.289. The van der Waals surface area contributed by atoms with Gasteiger partial charge in [0.1, 0.15) is 12.5 Å². The SMILES string of the molecule is COCn1cc(C(=O)C(=O)OC)c2cc(C(=O)N3CCC(Cc4ccc(F)cc4)CC3)c(C)cc21. The molecule has 8 heteroatoms. The third-order valence-electron chi connectivity index (χ3n) is 6.68. The summed E-state index contributed by atoms with van der Waals surface area (Å²) in [6.45, 7) is 3.31. The first-order valence-corrected chi connectivity index (χ1v) is 11.6. The number of benzene rings is 2. The van der Waals surface area contributed by atoms with Gasteiger partial charge in [-0.25, -0.2) is 9.18 Å². The predicted molar refractivity (Wildman–Crippen MR) is 129 cm³/mol. The highest BCUT2D eigenvalue weighted by Crippen LogP contribution is 2.29. The number of fused-ring (bicyclic) bond motifs is 1.